The first-order chi connectivity index (χ1) is 8.93. The summed E-state index contributed by atoms with van der Waals surface area (Å²) in [4.78, 5) is 11.6. The maximum atomic E-state index is 11.6. The van der Waals surface area contributed by atoms with Crippen molar-refractivity contribution in [1.82, 2.24) is 0 Å². The SMILES string of the molecule is CC(C)COC(=O)C(C#N)=Cc1ccc(O)c(O)c1. The lowest BCUT2D eigenvalue weighted by atomic mass is 10.1. The standard InChI is InChI=1S/C14H15NO4/c1-9(2)8-19-14(18)11(7-15)5-10-3-4-12(16)13(17)6-10/h3-6,9,16-17H,8H2,1-2H3. The largest absolute Gasteiger partial charge is 0.504 e. The van der Waals surface area contributed by atoms with Gasteiger partial charge in [0.05, 0.1) is 6.61 Å². The highest BCUT2D eigenvalue weighted by Crippen LogP contribution is 2.25. The van der Waals surface area contributed by atoms with Crippen molar-refractivity contribution in [3.63, 3.8) is 0 Å². The first kappa shape index (κ1) is 14.6. The Morgan fingerprint density at radius 2 is 2.11 bits per heavy atom. The zero-order valence-corrected chi connectivity index (χ0v) is 10.8. The van der Waals surface area contributed by atoms with Crippen LogP contribution in [0.4, 0.5) is 0 Å². The number of benzene rings is 1. The van der Waals surface area contributed by atoms with Gasteiger partial charge in [-0.2, -0.15) is 5.26 Å². The molecule has 0 fully saturated rings. The molecule has 0 saturated carbocycles. The smallest absolute Gasteiger partial charge is 0.348 e. The quantitative estimate of drug-likeness (QED) is 0.375. The summed E-state index contributed by atoms with van der Waals surface area (Å²) >= 11 is 0. The minimum Gasteiger partial charge on any atom is -0.504 e. The van der Waals surface area contributed by atoms with E-state index in [-0.39, 0.29) is 29.6 Å². The van der Waals surface area contributed by atoms with Gasteiger partial charge in [0.25, 0.3) is 0 Å². The molecule has 5 nitrogen and oxygen atoms in total. The summed E-state index contributed by atoms with van der Waals surface area (Å²) in [6, 6.07) is 5.75. The van der Waals surface area contributed by atoms with Crippen molar-refractivity contribution in [1.29, 1.82) is 5.26 Å². The van der Waals surface area contributed by atoms with Crippen LogP contribution in [0.1, 0.15) is 19.4 Å². The minimum atomic E-state index is -0.705. The molecule has 0 bridgehead atoms. The maximum Gasteiger partial charge on any atom is 0.348 e. The summed E-state index contributed by atoms with van der Waals surface area (Å²) in [6.45, 7) is 4.01. The molecule has 5 heteroatoms. The van der Waals surface area contributed by atoms with Crippen LogP contribution in [-0.2, 0) is 9.53 Å². The molecule has 0 aliphatic heterocycles. The van der Waals surface area contributed by atoms with E-state index in [9.17, 15) is 9.90 Å². The summed E-state index contributed by atoms with van der Waals surface area (Å²) in [5.41, 5.74) is 0.263. The van der Waals surface area contributed by atoms with Gasteiger partial charge in [0.2, 0.25) is 0 Å². The van der Waals surface area contributed by atoms with Gasteiger partial charge in [-0.1, -0.05) is 19.9 Å². The van der Waals surface area contributed by atoms with Crippen LogP contribution in [0.5, 0.6) is 11.5 Å². The first-order valence-corrected chi connectivity index (χ1v) is 5.75. The van der Waals surface area contributed by atoms with Crippen LogP contribution in [-0.4, -0.2) is 22.8 Å². The van der Waals surface area contributed by atoms with Gasteiger partial charge in [-0.3, -0.25) is 0 Å². The molecule has 0 spiro atoms. The number of ether oxygens (including phenoxy) is 1. The Morgan fingerprint density at radius 3 is 2.63 bits per heavy atom. The lowest BCUT2D eigenvalue weighted by Crippen LogP contribution is -2.11. The van der Waals surface area contributed by atoms with E-state index in [0.29, 0.717) is 5.56 Å². The van der Waals surface area contributed by atoms with E-state index in [0.717, 1.165) is 0 Å². The fraction of sp³-hybridized carbons (Fsp3) is 0.286. The summed E-state index contributed by atoms with van der Waals surface area (Å²) < 4.78 is 4.94. The molecular formula is C14H15NO4. The molecule has 0 aliphatic carbocycles. The fourth-order valence-electron chi connectivity index (χ4n) is 1.25. The third-order valence-electron chi connectivity index (χ3n) is 2.20. The Morgan fingerprint density at radius 1 is 1.42 bits per heavy atom. The molecule has 1 aromatic rings. The zero-order valence-electron chi connectivity index (χ0n) is 10.8. The number of nitrogens with zero attached hydrogens (tertiary/aromatic N) is 1. The number of rotatable bonds is 4. The van der Waals surface area contributed by atoms with Crippen LogP contribution in [0.2, 0.25) is 0 Å². The lowest BCUT2D eigenvalue weighted by molar-refractivity contribution is -0.139. The predicted molar refractivity (Wildman–Crippen MR) is 69.2 cm³/mol. The van der Waals surface area contributed by atoms with Crippen molar-refractivity contribution in [2.24, 2.45) is 5.92 Å². The number of carbonyl (C=O) groups is 1. The predicted octanol–water partition coefficient (Wildman–Crippen LogP) is 2.20. The van der Waals surface area contributed by atoms with Gasteiger partial charge in [-0.05, 0) is 29.7 Å². The highest BCUT2D eigenvalue weighted by Gasteiger charge is 2.12. The van der Waals surface area contributed by atoms with E-state index >= 15 is 0 Å². The second-order valence-electron chi connectivity index (χ2n) is 4.41. The first-order valence-electron chi connectivity index (χ1n) is 5.75. The number of nitriles is 1. The van der Waals surface area contributed by atoms with Gasteiger partial charge in [0.1, 0.15) is 11.6 Å². The molecule has 0 amide bonds. The highest BCUT2D eigenvalue weighted by atomic mass is 16.5. The minimum absolute atomic E-state index is 0.161. The van der Waals surface area contributed by atoms with Crippen LogP contribution >= 0.6 is 0 Å². The van der Waals surface area contributed by atoms with Gasteiger partial charge in [0.15, 0.2) is 11.5 Å². The fourth-order valence-corrected chi connectivity index (χ4v) is 1.25. The van der Waals surface area contributed by atoms with Crippen molar-refractivity contribution >= 4 is 12.0 Å². The van der Waals surface area contributed by atoms with Crippen LogP contribution in [0.3, 0.4) is 0 Å². The van der Waals surface area contributed by atoms with Crippen LogP contribution in [0.15, 0.2) is 23.8 Å². The number of hydrogen-bond donors (Lipinski definition) is 2. The van der Waals surface area contributed by atoms with Gasteiger partial charge in [-0.15, -0.1) is 0 Å². The van der Waals surface area contributed by atoms with Gasteiger partial charge in [-0.25, -0.2) is 4.79 Å². The molecule has 100 valence electrons. The van der Waals surface area contributed by atoms with E-state index in [1.807, 2.05) is 13.8 Å². The van der Waals surface area contributed by atoms with E-state index in [2.05, 4.69) is 0 Å². The van der Waals surface area contributed by atoms with Crippen LogP contribution < -0.4 is 0 Å². The normalized spacial score (nSPS) is 11.2. The summed E-state index contributed by atoms with van der Waals surface area (Å²) in [5, 5.41) is 27.4. The second kappa shape index (κ2) is 6.45. The molecule has 0 aromatic heterocycles. The lowest BCUT2D eigenvalue weighted by Gasteiger charge is -2.06. The molecule has 0 saturated heterocycles. The number of esters is 1. The summed E-state index contributed by atoms with van der Waals surface area (Å²) in [6.07, 6.45) is 1.29. The van der Waals surface area contributed by atoms with E-state index in [1.54, 1.807) is 6.07 Å². The molecule has 19 heavy (non-hydrogen) atoms. The van der Waals surface area contributed by atoms with Crippen LogP contribution in [0.25, 0.3) is 6.08 Å². The second-order valence-corrected chi connectivity index (χ2v) is 4.41. The monoisotopic (exact) mass is 261 g/mol. The Kier molecular flexibility index (Phi) is 4.95. The van der Waals surface area contributed by atoms with Gasteiger partial charge >= 0.3 is 5.97 Å². The molecular weight excluding hydrogens is 246 g/mol. The summed E-state index contributed by atoms with van der Waals surface area (Å²) in [7, 11) is 0. The Bertz CT molecular complexity index is 541. The molecule has 0 heterocycles. The number of hydrogen-bond acceptors (Lipinski definition) is 5. The van der Waals surface area contributed by atoms with E-state index in [4.69, 9.17) is 15.1 Å². The van der Waals surface area contributed by atoms with E-state index < -0.39 is 5.97 Å². The Balaban J connectivity index is 2.90. The number of aromatic hydroxyl groups is 2. The number of phenols is 2. The number of phenolic OH excluding ortho intramolecular Hbond substituents is 2. The molecule has 0 atom stereocenters. The van der Waals surface area contributed by atoms with Gasteiger partial charge in [0, 0.05) is 0 Å². The molecule has 0 unspecified atom stereocenters. The topological polar surface area (TPSA) is 90.6 Å². The highest BCUT2D eigenvalue weighted by molar-refractivity contribution is 5.97. The van der Waals surface area contributed by atoms with Crippen molar-refractivity contribution in [3.05, 3.63) is 29.3 Å². The van der Waals surface area contributed by atoms with Crippen molar-refractivity contribution in [3.8, 4) is 17.6 Å². The third kappa shape index (κ3) is 4.36. The Labute approximate surface area is 111 Å². The zero-order chi connectivity index (χ0) is 14.4. The summed E-state index contributed by atoms with van der Waals surface area (Å²) in [5.74, 6) is -1.11. The van der Waals surface area contributed by atoms with Gasteiger partial charge < -0.3 is 14.9 Å². The van der Waals surface area contributed by atoms with Crippen LogP contribution in [0, 0.1) is 17.2 Å². The van der Waals surface area contributed by atoms with Crippen molar-refractivity contribution in [2.45, 2.75) is 13.8 Å². The molecule has 0 aliphatic rings. The average molecular weight is 261 g/mol. The number of carbonyl (C=O) groups excluding carboxylic acids is 1. The molecule has 2 N–H and O–H groups in total. The third-order valence-corrected chi connectivity index (χ3v) is 2.20. The van der Waals surface area contributed by atoms with Crippen molar-refractivity contribution in [2.75, 3.05) is 6.61 Å². The maximum absolute atomic E-state index is 11.6. The van der Waals surface area contributed by atoms with Crippen molar-refractivity contribution < 1.29 is 19.7 Å². The Hall–Kier alpha value is -2.48. The molecule has 0 radical (unpaired) electrons. The molecule has 1 rings (SSSR count). The molecule has 1 aromatic carbocycles. The average Bonchev–Trinajstić information content (AvgIpc) is 2.37. The van der Waals surface area contributed by atoms with E-state index in [1.165, 1.54) is 24.3 Å².